The van der Waals surface area contributed by atoms with Crippen molar-refractivity contribution in [3.05, 3.63) is 58.6 Å². The van der Waals surface area contributed by atoms with Crippen LogP contribution in [-0.4, -0.2) is 40.7 Å². The van der Waals surface area contributed by atoms with Crippen LogP contribution in [0.2, 0.25) is 5.02 Å². The van der Waals surface area contributed by atoms with E-state index in [1.165, 1.54) is 24.0 Å². The van der Waals surface area contributed by atoms with Gasteiger partial charge in [-0.1, -0.05) is 23.7 Å². The molecule has 0 aromatic heterocycles. The zero-order chi connectivity index (χ0) is 23.4. The predicted molar refractivity (Wildman–Crippen MR) is 123 cm³/mol. The van der Waals surface area contributed by atoms with Crippen LogP contribution in [-0.2, 0) is 14.4 Å². The van der Waals surface area contributed by atoms with E-state index in [9.17, 15) is 14.4 Å². The molecule has 166 valence electrons. The van der Waals surface area contributed by atoms with Crippen molar-refractivity contribution in [2.45, 2.75) is 20.0 Å². The Bertz CT molecular complexity index is 1130. The number of ether oxygens (including phenoxy) is 2. The van der Waals surface area contributed by atoms with Crippen LogP contribution in [0.1, 0.15) is 19.4 Å². The second kappa shape index (κ2) is 9.80. The van der Waals surface area contributed by atoms with E-state index in [1.54, 1.807) is 43.3 Å². The number of rotatable bonds is 7. The van der Waals surface area contributed by atoms with E-state index in [0.29, 0.717) is 22.9 Å². The number of carbonyl (C=O) groups is 3. The number of hydrogen-bond acceptors (Lipinski definition) is 6. The summed E-state index contributed by atoms with van der Waals surface area (Å²) in [5.74, 6) is -1.87. The Morgan fingerprint density at radius 2 is 2.00 bits per heavy atom. The zero-order valence-corrected chi connectivity index (χ0v) is 18.7. The lowest BCUT2D eigenvalue weighted by Gasteiger charge is -2.29. The largest absolute Gasteiger partial charge is 0.490 e. The van der Waals surface area contributed by atoms with Gasteiger partial charge in [0, 0.05) is 5.02 Å². The standard InChI is InChI=1S/C22H19ClN2O6S/c1-3-30-18-10-13(7-8-17(18)31-12(2)21(28)29)9-16-19(26)24-22(32)25(20(16)27)15-6-4-5-14(23)11-15/h4-12H,3H2,1-2H3,(H,28,29)(H,24,26,32)/b16-9+/t12-/m1/s1. The summed E-state index contributed by atoms with van der Waals surface area (Å²) in [6.45, 7) is 3.46. The van der Waals surface area contributed by atoms with Crippen molar-refractivity contribution >= 4 is 58.5 Å². The Morgan fingerprint density at radius 1 is 1.25 bits per heavy atom. The Balaban J connectivity index is 1.97. The molecule has 1 aliphatic heterocycles. The molecule has 0 unspecified atom stereocenters. The van der Waals surface area contributed by atoms with Gasteiger partial charge in [0.05, 0.1) is 12.3 Å². The molecule has 10 heteroatoms. The third-order valence-electron chi connectivity index (χ3n) is 4.40. The molecule has 32 heavy (non-hydrogen) atoms. The summed E-state index contributed by atoms with van der Waals surface area (Å²) >= 11 is 11.2. The van der Waals surface area contributed by atoms with E-state index < -0.39 is 23.9 Å². The smallest absolute Gasteiger partial charge is 0.344 e. The first-order valence-corrected chi connectivity index (χ1v) is 10.3. The van der Waals surface area contributed by atoms with Gasteiger partial charge in [0.2, 0.25) is 0 Å². The Kier molecular flexibility index (Phi) is 7.12. The first-order valence-electron chi connectivity index (χ1n) is 9.54. The minimum absolute atomic E-state index is 0.0548. The number of nitrogens with one attached hydrogen (secondary N) is 1. The highest BCUT2D eigenvalue weighted by Gasteiger charge is 2.34. The third kappa shape index (κ3) is 5.06. The van der Waals surface area contributed by atoms with Crippen molar-refractivity contribution in [3.8, 4) is 11.5 Å². The SMILES string of the molecule is CCOc1cc(/C=C2\C(=O)NC(=S)N(c3cccc(Cl)c3)C2=O)ccc1O[C@H](C)C(=O)O. The maximum absolute atomic E-state index is 13.1. The molecule has 2 N–H and O–H groups in total. The van der Waals surface area contributed by atoms with Crippen molar-refractivity contribution in [1.29, 1.82) is 0 Å². The fourth-order valence-electron chi connectivity index (χ4n) is 2.89. The Labute approximate surface area is 194 Å². The molecule has 1 heterocycles. The number of amides is 2. The van der Waals surface area contributed by atoms with E-state index in [2.05, 4.69) is 5.32 Å². The van der Waals surface area contributed by atoms with Gasteiger partial charge in [0.1, 0.15) is 5.57 Å². The lowest BCUT2D eigenvalue weighted by Crippen LogP contribution is -2.54. The number of halogens is 1. The maximum atomic E-state index is 13.1. The van der Waals surface area contributed by atoms with E-state index in [0.717, 1.165) is 0 Å². The molecule has 2 aromatic carbocycles. The van der Waals surface area contributed by atoms with Crippen LogP contribution in [0.3, 0.4) is 0 Å². The number of nitrogens with zero attached hydrogens (tertiary/aromatic N) is 1. The first kappa shape index (κ1) is 23.2. The molecular formula is C22H19ClN2O6S. The van der Waals surface area contributed by atoms with Gasteiger partial charge < -0.3 is 14.6 Å². The molecule has 0 bridgehead atoms. The predicted octanol–water partition coefficient (Wildman–Crippen LogP) is 3.42. The second-order valence-electron chi connectivity index (χ2n) is 6.68. The van der Waals surface area contributed by atoms with Crippen molar-refractivity contribution in [2.24, 2.45) is 0 Å². The highest BCUT2D eigenvalue weighted by molar-refractivity contribution is 7.80. The molecule has 0 saturated carbocycles. The van der Waals surface area contributed by atoms with Gasteiger partial charge in [-0.05, 0) is 68.0 Å². The summed E-state index contributed by atoms with van der Waals surface area (Å²) in [6.07, 6.45) is 0.306. The minimum Gasteiger partial charge on any atom is -0.490 e. The molecule has 3 rings (SSSR count). The van der Waals surface area contributed by atoms with E-state index >= 15 is 0 Å². The molecule has 1 atom stereocenters. The number of carboxylic acid groups (broad SMARTS) is 1. The van der Waals surface area contributed by atoms with Crippen LogP contribution in [0, 0.1) is 0 Å². The van der Waals surface area contributed by atoms with Gasteiger partial charge in [-0.25, -0.2) is 4.79 Å². The van der Waals surface area contributed by atoms with Gasteiger partial charge in [-0.3, -0.25) is 19.8 Å². The van der Waals surface area contributed by atoms with Crippen LogP contribution in [0.4, 0.5) is 5.69 Å². The molecule has 1 saturated heterocycles. The van der Waals surface area contributed by atoms with Crippen LogP contribution >= 0.6 is 23.8 Å². The number of hydrogen-bond donors (Lipinski definition) is 2. The number of carbonyl (C=O) groups excluding carboxylic acids is 2. The first-order chi connectivity index (χ1) is 15.2. The van der Waals surface area contributed by atoms with Gasteiger partial charge in [-0.2, -0.15) is 0 Å². The molecule has 0 radical (unpaired) electrons. The van der Waals surface area contributed by atoms with Crippen molar-refractivity contribution in [2.75, 3.05) is 11.5 Å². The third-order valence-corrected chi connectivity index (χ3v) is 4.92. The fourth-order valence-corrected chi connectivity index (χ4v) is 3.36. The normalized spacial score (nSPS) is 16.0. The zero-order valence-electron chi connectivity index (χ0n) is 17.1. The molecule has 2 aromatic rings. The van der Waals surface area contributed by atoms with E-state index in [1.807, 2.05) is 0 Å². The fraction of sp³-hybridized carbons (Fsp3) is 0.182. The lowest BCUT2D eigenvalue weighted by atomic mass is 10.1. The molecule has 0 spiro atoms. The summed E-state index contributed by atoms with van der Waals surface area (Å²) in [4.78, 5) is 37.9. The topological polar surface area (TPSA) is 105 Å². The van der Waals surface area contributed by atoms with Gasteiger partial charge >= 0.3 is 5.97 Å². The number of thiocarbonyl (C=S) groups is 1. The Hall–Kier alpha value is -3.43. The molecule has 1 aliphatic rings. The monoisotopic (exact) mass is 474 g/mol. The average Bonchev–Trinajstić information content (AvgIpc) is 2.73. The number of benzene rings is 2. The van der Waals surface area contributed by atoms with Crippen LogP contribution in [0.5, 0.6) is 11.5 Å². The lowest BCUT2D eigenvalue weighted by molar-refractivity contribution is -0.144. The van der Waals surface area contributed by atoms with Crippen LogP contribution in [0.15, 0.2) is 48.0 Å². The molecule has 8 nitrogen and oxygen atoms in total. The maximum Gasteiger partial charge on any atom is 0.344 e. The van der Waals surface area contributed by atoms with Gasteiger partial charge in [-0.15, -0.1) is 0 Å². The Morgan fingerprint density at radius 3 is 2.66 bits per heavy atom. The van der Waals surface area contributed by atoms with Crippen molar-refractivity contribution in [3.63, 3.8) is 0 Å². The summed E-state index contributed by atoms with van der Waals surface area (Å²) < 4.78 is 11.0. The van der Waals surface area contributed by atoms with E-state index in [4.69, 9.17) is 38.4 Å². The number of carboxylic acids is 1. The summed E-state index contributed by atoms with van der Waals surface area (Å²) in [5, 5.41) is 11.9. The van der Waals surface area contributed by atoms with Crippen molar-refractivity contribution in [1.82, 2.24) is 5.32 Å². The van der Waals surface area contributed by atoms with Gasteiger partial charge in [0.25, 0.3) is 11.8 Å². The highest BCUT2D eigenvalue weighted by atomic mass is 35.5. The summed E-state index contributed by atoms with van der Waals surface area (Å²) in [7, 11) is 0. The summed E-state index contributed by atoms with van der Waals surface area (Å²) in [5.41, 5.74) is 0.745. The highest BCUT2D eigenvalue weighted by Crippen LogP contribution is 2.31. The second-order valence-corrected chi connectivity index (χ2v) is 7.50. The molecular weight excluding hydrogens is 456 g/mol. The van der Waals surface area contributed by atoms with Crippen LogP contribution < -0.4 is 19.7 Å². The number of aliphatic carboxylic acids is 1. The molecule has 1 fully saturated rings. The average molecular weight is 475 g/mol. The van der Waals surface area contributed by atoms with Gasteiger partial charge in [0.15, 0.2) is 22.7 Å². The van der Waals surface area contributed by atoms with E-state index in [-0.39, 0.29) is 22.2 Å². The van der Waals surface area contributed by atoms with Crippen molar-refractivity contribution < 1.29 is 29.0 Å². The summed E-state index contributed by atoms with van der Waals surface area (Å²) in [6, 6.07) is 11.2. The minimum atomic E-state index is -1.12. The molecule has 0 aliphatic carbocycles. The van der Waals surface area contributed by atoms with Crippen LogP contribution in [0.25, 0.3) is 6.08 Å². The number of anilines is 1. The molecule has 2 amide bonds. The quantitative estimate of drug-likeness (QED) is 0.360.